The van der Waals surface area contributed by atoms with Gasteiger partial charge < -0.3 is 18.9 Å². The lowest BCUT2D eigenvalue weighted by Gasteiger charge is -2.11. The summed E-state index contributed by atoms with van der Waals surface area (Å²) in [7, 11) is 6.13. The molecule has 2 heterocycles. The molecule has 31 heavy (non-hydrogen) atoms. The maximum atomic E-state index is 10.9. The van der Waals surface area contributed by atoms with Gasteiger partial charge in [-0.25, -0.2) is 0 Å². The van der Waals surface area contributed by atoms with E-state index in [9.17, 15) is 4.79 Å². The van der Waals surface area contributed by atoms with Crippen LogP contribution in [0.3, 0.4) is 0 Å². The van der Waals surface area contributed by atoms with Gasteiger partial charge in [-0.3, -0.25) is 4.79 Å². The van der Waals surface area contributed by atoms with Gasteiger partial charge in [-0.05, 0) is 61.8 Å². The Morgan fingerprint density at radius 1 is 1.26 bits per heavy atom. The number of ether oxygens (including phenoxy) is 1. The third-order valence-electron chi connectivity index (χ3n) is 4.70. The van der Waals surface area contributed by atoms with Crippen molar-refractivity contribution in [3.8, 4) is 28.6 Å². The Balaban J connectivity index is 1.62. The number of nitrogens with zero attached hydrogens (tertiary/aromatic N) is 3. The van der Waals surface area contributed by atoms with Crippen molar-refractivity contribution in [3.63, 3.8) is 0 Å². The lowest BCUT2D eigenvalue weighted by Crippen LogP contribution is -2.05. The molecule has 7 nitrogen and oxygen atoms in total. The van der Waals surface area contributed by atoms with Crippen molar-refractivity contribution in [1.29, 1.82) is 0 Å². The minimum atomic E-state index is -0.861. The van der Waals surface area contributed by atoms with Crippen molar-refractivity contribution in [2.75, 3.05) is 0 Å². The van der Waals surface area contributed by atoms with E-state index < -0.39 is 5.97 Å². The Morgan fingerprint density at radius 3 is 2.74 bits per heavy atom. The van der Waals surface area contributed by atoms with Crippen LogP contribution in [0.1, 0.15) is 20.3 Å². The molecule has 0 amide bonds. The number of carbonyl (C=O) groups is 1. The monoisotopic (exact) mass is 435 g/mol. The number of carboxylic acid groups (broad SMARTS) is 1. The molecule has 2 aromatic carbocycles. The molecule has 1 N–H and O–H groups in total. The van der Waals surface area contributed by atoms with E-state index >= 15 is 0 Å². The Bertz CT molecular complexity index is 1270. The van der Waals surface area contributed by atoms with E-state index in [1.165, 1.54) is 0 Å². The fourth-order valence-electron chi connectivity index (χ4n) is 3.31. The second kappa shape index (κ2) is 8.47. The molecule has 0 aliphatic rings. The molecule has 0 bridgehead atoms. The fraction of sp³-hybridized carbons (Fsp3) is 0.227. The maximum Gasteiger partial charge on any atom is 0.305 e. The summed E-state index contributed by atoms with van der Waals surface area (Å²) in [5, 5.41) is 14.3. The highest BCUT2D eigenvalue weighted by Gasteiger charge is 2.15. The molecule has 2 aromatic heterocycles. The van der Waals surface area contributed by atoms with E-state index in [1.54, 1.807) is 18.3 Å². The number of fused-ring (bicyclic) bond motifs is 1. The van der Waals surface area contributed by atoms with E-state index in [2.05, 4.69) is 10.1 Å². The zero-order valence-corrected chi connectivity index (χ0v) is 17.8. The van der Waals surface area contributed by atoms with Crippen molar-refractivity contribution in [2.24, 2.45) is 0 Å². The molecule has 2 radical (unpaired) electrons. The normalized spacial score (nSPS) is 11.4. The molecule has 0 saturated heterocycles. The average molecular weight is 436 g/mol. The predicted octanol–water partition coefficient (Wildman–Crippen LogP) is 4.07. The highest BCUT2D eigenvalue weighted by atomic mass is 35.5. The number of halogens is 1. The summed E-state index contributed by atoms with van der Waals surface area (Å²) in [6.45, 7) is 4.20. The van der Waals surface area contributed by atoms with Gasteiger partial charge in [0.25, 0.3) is 5.89 Å². The molecule has 0 spiro atoms. The number of carboxylic acids is 1. The van der Waals surface area contributed by atoms with Gasteiger partial charge in [-0.15, -0.1) is 0 Å². The topological polar surface area (TPSA) is 90.4 Å². The van der Waals surface area contributed by atoms with E-state index in [4.69, 9.17) is 33.8 Å². The molecule has 9 heteroatoms. The summed E-state index contributed by atoms with van der Waals surface area (Å²) in [5.41, 5.74) is 2.81. The quantitative estimate of drug-likeness (QED) is 0.440. The molecule has 0 saturated carbocycles. The summed E-state index contributed by atoms with van der Waals surface area (Å²) >= 11 is 6.31. The maximum absolute atomic E-state index is 10.9. The summed E-state index contributed by atoms with van der Waals surface area (Å²) in [6.07, 6.45) is 1.77. The average Bonchev–Trinajstić information content (AvgIpc) is 3.33. The van der Waals surface area contributed by atoms with Gasteiger partial charge >= 0.3 is 5.97 Å². The first-order valence-electron chi connectivity index (χ1n) is 9.72. The molecule has 0 fully saturated rings. The van der Waals surface area contributed by atoms with Crippen molar-refractivity contribution >= 4 is 41.8 Å². The van der Waals surface area contributed by atoms with Crippen LogP contribution in [0.5, 0.6) is 5.75 Å². The van der Waals surface area contributed by atoms with Gasteiger partial charge in [0.1, 0.15) is 13.6 Å². The van der Waals surface area contributed by atoms with Crippen LogP contribution in [0.4, 0.5) is 0 Å². The Kier molecular flexibility index (Phi) is 5.74. The molecule has 4 aromatic rings. The smallest absolute Gasteiger partial charge is 0.305 e. The SMILES string of the molecule is [B]c1cn(CCC(=O)O)c2ccc(-c3noc(-c4ccc(OC(C)C)c(Cl)c4)n3)cc12. The molecular weight excluding hydrogens is 417 g/mol. The minimum absolute atomic E-state index is 0.0136. The first-order chi connectivity index (χ1) is 14.8. The van der Waals surface area contributed by atoms with Crippen molar-refractivity contribution in [2.45, 2.75) is 32.9 Å². The largest absolute Gasteiger partial charge is 0.489 e. The van der Waals surface area contributed by atoms with Gasteiger partial charge in [0.05, 0.1) is 17.5 Å². The van der Waals surface area contributed by atoms with E-state index in [0.29, 0.717) is 40.1 Å². The van der Waals surface area contributed by atoms with E-state index in [0.717, 1.165) is 16.5 Å². The fourth-order valence-corrected chi connectivity index (χ4v) is 3.53. The van der Waals surface area contributed by atoms with Crippen molar-refractivity contribution in [3.05, 3.63) is 47.6 Å². The predicted molar refractivity (Wildman–Crippen MR) is 119 cm³/mol. The standard InChI is InChI=1S/C22H19BClN3O4/c1-12(2)30-19-6-4-14(10-17(19)24)22-25-21(26-31-22)13-3-5-18-15(9-13)16(23)11-27(18)8-7-20(28)29/h3-6,9-12H,7-8H2,1-2H3,(H,28,29). The Labute approximate surface area is 185 Å². The molecular formula is C22H19BClN3O4. The zero-order valence-electron chi connectivity index (χ0n) is 17.0. The second-order valence-electron chi connectivity index (χ2n) is 7.39. The van der Waals surface area contributed by atoms with Crippen LogP contribution >= 0.6 is 11.6 Å². The van der Waals surface area contributed by atoms with Crippen molar-refractivity contribution < 1.29 is 19.2 Å². The van der Waals surface area contributed by atoms with Crippen molar-refractivity contribution in [1.82, 2.24) is 14.7 Å². The van der Waals surface area contributed by atoms with Gasteiger partial charge in [0.15, 0.2) is 0 Å². The third-order valence-corrected chi connectivity index (χ3v) is 5.00. The number of rotatable bonds is 7. The first kappa shape index (κ1) is 21.0. The molecule has 156 valence electrons. The number of benzene rings is 2. The van der Waals surface area contributed by atoms with Crippen LogP contribution in [0.15, 0.2) is 47.1 Å². The third kappa shape index (κ3) is 4.44. The molecule has 0 aliphatic heterocycles. The summed E-state index contributed by atoms with van der Waals surface area (Å²) in [6, 6.07) is 10.9. The van der Waals surface area contributed by atoms with Crippen LogP contribution in [-0.2, 0) is 11.3 Å². The zero-order chi connectivity index (χ0) is 22.1. The molecule has 4 rings (SSSR count). The Morgan fingerprint density at radius 2 is 2.03 bits per heavy atom. The summed E-state index contributed by atoms with van der Waals surface area (Å²) in [5.74, 6) is 0.474. The lowest BCUT2D eigenvalue weighted by atomic mass is 9.95. The van der Waals surface area contributed by atoms with E-state index in [-0.39, 0.29) is 12.5 Å². The number of aliphatic carboxylic acids is 1. The molecule has 0 aliphatic carbocycles. The number of hydrogen-bond acceptors (Lipinski definition) is 5. The number of hydrogen-bond donors (Lipinski definition) is 1. The van der Waals surface area contributed by atoms with Crippen LogP contribution in [0, 0.1) is 0 Å². The van der Waals surface area contributed by atoms with Crippen LogP contribution < -0.4 is 10.2 Å². The van der Waals surface area contributed by atoms with Gasteiger partial charge in [0.2, 0.25) is 5.82 Å². The van der Waals surface area contributed by atoms with E-state index in [1.807, 2.05) is 42.7 Å². The Hall–Kier alpha value is -3.26. The van der Waals surface area contributed by atoms with Gasteiger partial charge in [-0.2, -0.15) is 4.98 Å². The van der Waals surface area contributed by atoms with Crippen LogP contribution in [0.25, 0.3) is 33.7 Å². The first-order valence-corrected chi connectivity index (χ1v) is 10.1. The van der Waals surface area contributed by atoms with Gasteiger partial charge in [-0.1, -0.05) is 22.2 Å². The minimum Gasteiger partial charge on any atom is -0.489 e. The summed E-state index contributed by atoms with van der Waals surface area (Å²) in [4.78, 5) is 15.4. The lowest BCUT2D eigenvalue weighted by molar-refractivity contribution is -0.137. The van der Waals surface area contributed by atoms with Gasteiger partial charge in [0, 0.05) is 23.2 Å². The molecule has 0 unspecified atom stereocenters. The number of aryl methyl sites for hydroxylation is 1. The highest BCUT2D eigenvalue weighted by Crippen LogP contribution is 2.31. The van der Waals surface area contributed by atoms with Crippen LogP contribution in [0.2, 0.25) is 5.02 Å². The van der Waals surface area contributed by atoms with Crippen LogP contribution in [-0.4, -0.2) is 39.7 Å². The second-order valence-corrected chi connectivity index (χ2v) is 7.80. The molecule has 0 atom stereocenters. The number of aromatic nitrogens is 3. The summed E-state index contributed by atoms with van der Waals surface area (Å²) < 4.78 is 12.9. The highest BCUT2D eigenvalue weighted by molar-refractivity contribution is 6.39.